The molecule has 14 nitrogen and oxygen atoms in total. The van der Waals surface area contributed by atoms with Gasteiger partial charge in [-0.1, -0.05) is 97.2 Å². The Balaban J connectivity index is 0.000000180. The lowest BCUT2D eigenvalue weighted by Gasteiger charge is -2.17. The van der Waals surface area contributed by atoms with Crippen molar-refractivity contribution < 1.29 is 46.8 Å². The molecule has 2 saturated heterocycles. The summed E-state index contributed by atoms with van der Waals surface area (Å²) in [5.41, 5.74) is 4.45. The number of halogens is 2. The van der Waals surface area contributed by atoms with Gasteiger partial charge in [-0.2, -0.15) is 0 Å². The lowest BCUT2D eigenvalue weighted by atomic mass is 10.0. The van der Waals surface area contributed by atoms with Crippen molar-refractivity contribution in [2.45, 2.75) is 64.2 Å². The van der Waals surface area contributed by atoms with Crippen LogP contribution in [-0.2, 0) is 35.3 Å². The van der Waals surface area contributed by atoms with Crippen molar-refractivity contribution in [3.8, 4) is 46.3 Å². The number of fused-ring (bicyclic) bond motifs is 4. The molecule has 4 fully saturated rings. The van der Waals surface area contributed by atoms with E-state index in [-0.39, 0.29) is 47.7 Å². The minimum Gasteiger partial charge on any atom is -0.493 e. The number of likely N-dealkylation sites (tertiary alicyclic amines) is 1. The predicted molar refractivity (Wildman–Crippen MR) is 338 cm³/mol. The van der Waals surface area contributed by atoms with Crippen LogP contribution in [0, 0.1) is 47.1 Å². The molecule has 1 N–H and O–H groups in total. The van der Waals surface area contributed by atoms with Crippen LogP contribution >= 0.6 is 24.4 Å². The van der Waals surface area contributed by atoms with E-state index in [0.29, 0.717) is 116 Å². The second-order valence-corrected chi connectivity index (χ2v) is 24.7. The molecule has 12 rings (SSSR count). The monoisotopic (exact) mass is 1210 g/mol. The molecule has 0 bridgehead atoms. The fourth-order valence-electron chi connectivity index (χ4n) is 12.9. The number of nitrogens with one attached hydrogen (secondary N) is 1. The van der Waals surface area contributed by atoms with Gasteiger partial charge in [-0.15, -0.1) is 0 Å². The number of thiocarbonyl (C=S) groups is 2. The maximum atomic E-state index is 15.2. The van der Waals surface area contributed by atoms with Gasteiger partial charge in [0.15, 0.2) is 46.1 Å². The second kappa shape index (κ2) is 28.3. The number of hydrogen-bond donors (Lipinski definition) is 1. The highest BCUT2D eigenvalue weighted by atomic mass is 32.1. The standard InChI is InChI=1S/C35H36FN3O4S.C34H34FN3O4S/c1-39-18-25-10-24(11-26(25)19-39)20-42-34-17-31-29(16-33(34)41-2)35(38-21-37-31)43-32-9-8-23(14-30(32)36)13-28(44)15-27(40)12-22-6-4-3-5-7-22;1-40-32-15-28-30(16-33(32)41-19-23-9-24-17-36-18-25(24)10-23)37-20-38-34(28)42-31-8-7-22(13-29(31)35)12-27(43)14-26(39)11-21-5-3-2-4-6-21/h3-9,14,16-17,21,24-26H,10-13,15,18-20H2,1-2H3;2-8,13,15-16,20,23-25,36H,9-12,14,17-19H2,1H3. The molecule has 4 unspecified atom stereocenters. The Morgan fingerprint density at radius 3 is 1.36 bits per heavy atom. The smallest absolute Gasteiger partial charge is 0.230 e. The van der Waals surface area contributed by atoms with Gasteiger partial charge in [-0.25, -0.2) is 28.7 Å². The summed E-state index contributed by atoms with van der Waals surface area (Å²) in [5, 5.41) is 4.64. The van der Waals surface area contributed by atoms with Crippen LogP contribution < -0.4 is 33.7 Å². The highest BCUT2D eigenvalue weighted by molar-refractivity contribution is 7.80. The third kappa shape index (κ3) is 15.6. The van der Waals surface area contributed by atoms with Crippen molar-refractivity contribution in [2.75, 3.05) is 60.7 Å². The number of ketones is 2. The maximum Gasteiger partial charge on any atom is 0.230 e. The number of aromatic nitrogens is 4. The number of benzene rings is 6. The fourth-order valence-corrected chi connectivity index (χ4v) is 13.6. The second-order valence-electron chi connectivity index (χ2n) is 23.5. The third-order valence-electron chi connectivity index (χ3n) is 17.0. The molecule has 18 heteroatoms. The largest absolute Gasteiger partial charge is 0.493 e. The van der Waals surface area contributed by atoms with Gasteiger partial charge in [0, 0.05) is 73.5 Å². The summed E-state index contributed by atoms with van der Waals surface area (Å²) < 4.78 is 65.9. The number of hydrogen-bond acceptors (Lipinski definition) is 16. The van der Waals surface area contributed by atoms with Crippen LogP contribution in [0.3, 0.4) is 0 Å². The van der Waals surface area contributed by atoms with Crippen LogP contribution in [0.5, 0.6) is 46.3 Å². The number of Topliss-reactive ketones (excluding diaryl/α,β-unsaturated/α-hetero) is 2. The molecule has 2 saturated carbocycles. The summed E-state index contributed by atoms with van der Waals surface area (Å²) in [5.74, 6) is 5.83. The third-order valence-corrected chi connectivity index (χ3v) is 17.6. The first kappa shape index (κ1) is 60.8. The van der Waals surface area contributed by atoms with Gasteiger partial charge in [0.1, 0.15) is 24.2 Å². The van der Waals surface area contributed by atoms with Gasteiger partial charge in [0.2, 0.25) is 11.8 Å². The van der Waals surface area contributed by atoms with E-state index in [1.165, 1.54) is 63.6 Å². The van der Waals surface area contributed by atoms with Crippen molar-refractivity contribution in [3.63, 3.8) is 0 Å². The molecule has 0 radical (unpaired) electrons. The first-order valence-corrected chi connectivity index (χ1v) is 30.5. The average molecular weight is 1210 g/mol. The number of carbonyl (C=O) groups is 2. The Hall–Kier alpha value is -7.90. The highest BCUT2D eigenvalue weighted by Gasteiger charge is 2.40. The molecule has 0 spiro atoms. The summed E-state index contributed by atoms with van der Waals surface area (Å²) in [6, 6.07) is 35.6. The predicted octanol–water partition coefficient (Wildman–Crippen LogP) is 13.0. The Bertz CT molecular complexity index is 3760. The lowest BCUT2D eigenvalue weighted by molar-refractivity contribution is -0.118. The van der Waals surface area contributed by atoms with Gasteiger partial charge in [0.05, 0.1) is 49.2 Å². The quantitative estimate of drug-likeness (QED) is 0.0570. The summed E-state index contributed by atoms with van der Waals surface area (Å²) in [6.45, 7) is 5.82. The highest BCUT2D eigenvalue weighted by Crippen LogP contribution is 2.44. The zero-order valence-electron chi connectivity index (χ0n) is 49.1. The topological polar surface area (TPSA) is 156 Å². The van der Waals surface area contributed by atoms with E-state index < -0.39 is 11.6 Å². The number of rotatable bonds is 24. The molecule has 8 aromatic rings. The Morgan fingerprint density at radius 2 is 0.943 bits per heavy atom. The van der Waals surface area contributed by atoms with Crippen LogP contribution in [0.25, 0.3) is 21.8 Å². The van der Waals surface area contributed by atoms with Gasteiger partial charge in [-0.05, 0) is 140 Å². The number of nitrogens with zero attached hydrogens (tertiary/aromatic N) is 5. The average Bonchev–Trinajstić information content (AvgIpc) is 2.84. The molecule has 6 aromatic carbocycles. The van der Waals surface area contributed by atoms with Crippen molar-refractivity contribution in [2.24, 2.45) is 35.5 Å². The number of methoxy groups -OCH3 is 2. The molecule has 4 heterocycles. The summed E-state index contributed by atoms with van der Waals surface area (Å²) in [4.78, 5) is 45.8. The first-order chi connectivity index (χ1) is 42.3. The fraction of sp³-hybridized carbons (Fsp3) is 0.362. The van der Waals surface area contributed by atoms with Crippen LogP contribution in [0.2, 0.25) is 0 Å². The van der Waals surface area contributed by atoms with E-state index in [2.05, 4.69) is 37.2 Å². The molecule has 0 amide bonds. The van der Waals surface area contributed by atoms with Gasteiger partial charge >= 0.3 is 0 Å². The Morgan fingerprint density at radius 1 is 0.517 bits per heavy atom. The molecule has 2 aliphatic heterocycles. The van der Waals surface area contributed by atoms with E-state index in [9.17, 15) is 9.59 Å². The summed E-state index contributed by atoms with van der Waals surface area (Å²) in [6.07, 6.45) is 9.14. The zero-order chi connectivity index (χ0) is 60.4. The first-order valence-electron chi connectivity index (χ1n) is 29.7. The molecule has 450 valence electrons. The maximum absolute atomic E-state index is 15.2. The van der Waals surface area contributed by atoms with Crippen molar-refractivity contribution in [1.82, 2.24) is 30.2 Å². The van der Waals surface area contributed by atoms with Gasteiger partial charge < -0.3 is 38.6 Å². The molecular weight excluding hydrogens is 1140 g/mol. The van der Waals surface area contributed by atoms with E-state index in [1.54, 1.807) is 50.6 Å². The number of ether oxygens (including phenoxy) is 6. The minimum atomic E-state index is -0.550. The Labute approximate surface area is 516 Å². The van der Waals surface area contributed by atoms with Crippen LogP contribution in [-0.4, -0.2) is 107 Å². The van der Waals surface area contributed by atoms with Crippen LogP contribution in [0.15, 0.2) is 134 Å². The van der Waals surface area contributed by atoms with Crippen molar-refractivity contribution in [1.29, 1.82) is 0 Å². The SMILES string of the molecule is COc1cc2c(Oc3ccc(CC(=S)CC(=O)Cc4ccccc4)cc3F)ncnc2cc1OCC1CC2CN(C)CC2C1.COc1cc2c(Oc3ccc(CC(=S)CC(=O)Cc4ccccc4)cc3F)ncnc2cc1OCC1CC2CNCC2C1. The van der Waals surface area contributed by atoms with Crippen molar-refractivity contribution in [3.05, 3.63) is 168 Å². The molecule has 4 aliphatic rings. The van der Waals surface area contributed by atoms with E-state index >= 15 is 8.78 Å². The van der Waals surface area contributed by atoms with Gasteiger partial charge in [0.25, 0.3) is 0 Å². The minimum absolute atomic E-state index is 0.0235. The molecule has 87 heavy (non-hydrogen) atoms. The zero-order valence-corrected chi connectivity index (χ0v) is 50.7. The molecule has 2 aliphatic carbocycles. The van der Waals surface area contributed by atoms with E-state index in [4.69, 9.17) is 52.9 Å². The molecule has 4 atom stereocenters. The molecule has 2 aromatic heterocycles. The Kier molecular flexibility index (Phi) is 19.8. The molecular formula is C69H70F2N6O8S2. The number of carbonyl (C=O) groups excluding carboxylic acids is 2. The lowest BCUT2D eigenvalue weighted by Crippen LogP contribution is -2.18. The van der Waals surface area contributed by atoms with Gasteiger partial charge in [-0.3, -0.25) is 9.59 Å². The normalized spacial score (nSPS) is 19.4. The van der Waals surface area contributed by atoms with Crippen LogP contribution in [0.1, 0.15) is 60.8 Å². The summed E-state index contributed by atoms with van der Waals surface area (Å²) >= 11 is 10.9. The van der Waals surface area contributed by atoms with Crippen molar-refractivity contribution >= 4 is 67.5 Å². The summed E-state index contributed by atoms with van der Waals surface area (Å²) in [7, 11) is 5.37. The van der Waals surface area contributed by atoms with E-state index in [0.717, 1.165) is 47.9 Å². The van der Waals surface area contributed by atoms with E-state index in [1.807, 2.05) is 72.8 Å². The van der Waals surface area contributed by atoms with Crippen LogP contribution in [0.4, 0.5) is 8.78 Å².